The van der Waals surface area contributed by atoms with Crippen molar-refractivity contribution in [1.29, 1.82) is 0 Å². The number of rotatable bonds is 3. The number of hydrogen-bond acceptors (Lipinski definition) is 2. The summed E-state index contributed by atoms with van der Waals surface area (Å²) in [4.78, 5) is 0. The molecule has 0 atom stereocenters. The van der Waals surface area contributed by atoms with Gasteiger partial charge in [-0.05, 0) is 23.8 Å². The molecule has 2 nitrogen and oxygen atoms in total. The van der Waals surface area contributed by atoms with Gasteiger partial charge in [0, 0.05) is 11.6 Å². The van der Waals surface area contributed by atoms with Crippen molar-refractivity contribution in [2.75, 3.05) is 11.1 Å². The number of nitrogens with one attached hydrogen (secondary N) is 1. The molecule has 18 heavy (non-hydrogen) atoms. The third-order valence-corrected chi connectivity index (χ3v) is 2.91. The molecule has 0 fully saturated rings. The number of anilines is 2. The Morgan fingerprint density at radius 2 is 1.83 bits per heavy atom. The fraction of sp³-hybridized carbons (Fsp3) is 0.0769. The molecular weight excluding hydrogens is 258 g/mol. The lowest BCUT2D eigenvalue weighted by atomic mass is 10.2. The first kappa shape index (κ1) is 12.6. The van der Waals surface area contributed by atoms with Crippen molar-refractivity contribution < 1.29 is 8.78 Å². The molecular formula is C13H11ClF2N2. The standard InChI is InChI=1S/C13H11ClF2N2/c14-9-4-2-1-3-8(9)7-18-13-11(17)6-5-10(15)12(13)16/h1-6,18H,7,17H2. The van der Waals surface area contributed by atoms with E-state index in [4.69, 9.17) is 17.3 Å². The van der Waals surface area contributed by atoms with Crippen molar-refractivity contribution in [3.05, 3.63) is 58.6 Å². The van der Waals surface area contributed by atoms with Crippen molar-refractivity contribution >= 4 is 23.0 Å². The number of halogens is 3. The molecule has 0 radical (unpaired) electrons. The minimum absolute atomic E-state index is 0.0464. The van der Waals surface area contributed by atoms with E-state index >= 15 is 0 Å². The van der Waals surface area contributed by atoms with E-state index in [-0.39, 0.29) is 17.9 Å². The van der Waals surface area contributed by atoms with Crippen LogP contribution in [0.4, 0.5) is 20.2 Å². The van der Waals surface area contributed by atoms with Crippen LogP contribution in [0.3, 0.4) is 0 Å². The summed E-state index contributed by atoms with van der Waals surface area (Å²) in [6.07, 6.45) is 0. The van der Waals surface area contributed by atoms with Crippen LogP contribution in [-0.2, 0) is 6.54 Å². The SMILES string of the molecule is Nc1ccc(F)c(F)c1NCc1ccccc1Cl. The Morgan fingerprint density at radius 3 is 2.56 bits per heavy atom. The largest absolute Gasteiger partial charge is 0.397 e. The van der Waals surface area contributed by atoms with Crippen LogP contribution in [-0.4, -0.2) is 0 Å². The van der Waals surface area contributed by atoms with E-state index in [0.29, 0.717) is 5.02 Å². The molecule has 5 heteroatoms. The summed E-state index contributed by atoms with van der Waals surface area (Å²) in [5, 5.41) is 3.31. The maximum absolute atomic E-state index is 13.5. The van der Waals surface area contributed by atoms with Crippen molar-refractivity contribution in [2.45, 2.75) is 6.54 Å². The molecule has 2 aromatic rings. The van der Waals surface area contributed by atoms with E-state index in [2.05, 4.69) is 5.32 Å². The zero-order valence-corrected chi connectivity index (χ0v) is 10.1. The third-order valence-electron chi connectivity index (χ3n) is 2.54. The summed E-state index contributed by atoms with van der Waals surface area (Å²) in [7, 11) is 0. The summed E-state index contributed by atoms with van der Waals surface area (Å²) < 4.78 is 26.6. The van der Waals surface area contributed by atoms with E-state index in [9.17, 15) is 8.78 Å². The summed E-state index contributed by atoms with van der Waals surface area (Å²) in [5.41, 5.74) is 6.48. The monoisotopic (exact) mass is 268 g/mol. The van der Waals surface area contributed by atoms with Gasteiger partial charge in [-0.1, -0.05) is 29.8 Å². The smallest absolute Gasteiger partial charge is 0.183 e. The summed E-state index contributed by atoms with van der Waals surface area (Å²) in [6.45, 7) is 0.268. The molecule has 2 rings (SSSR count). The van der Waals surface area contributed by atoms with Crippen LogP contribution in [0.25, 0.3) is 0 Å². The lowest BCUT2D eigenvalue weighted by Gasteiger charge is -2.11. The Balaban J connectivity index is 2.21. The predicted molar refractivity (Wildman–Crippen MR) is 69.5 cm³/mol. The molecule has 0 saturated carbocycles. The van der Waals surface area contributed by atoms with Gasteiger partial charge in [-0.2, -0.15) is 0 Å². The van der Waals surface area contributed by atoms with Crippen LogP contribution in [0.2, 0.25) is 5.02 Å². The zero-order valence-electron chi connectivity index (χ0n) is 9.38. The van der Waals surface area contributed by atoms with Gasteiger partial charge in [-0.15, -0.1) is 0 Å². The highest BCUT2D eigenvalue weighted by Gasteiger charge is 2.11. The van der Waals surface area contributed by atoms with Crippen LogP contribution >= 0.6 is 11.6 Å². The molecule has 3 N–H and O–H groups in total. The maximum Gasteiger partial charge on any atom is 0.183 e. The quantitative estimate of drug-likeness (QED) is 0.831. The molecule has 0 bridgehead atoms. The molecule has 0 aliphatic carbocycles. The molecule has 0 spiro atoms. The molecule has 0 aliphatic rings. The van der Waals surface area contributed by atoms with Crippen LogP contribution < -0.4 is 11.1 Å². The highest BCUT2D eigenvalue weighted by molar-refractivity contribution is 6.31. The van der Waals surface area contributed by atoms with E-state index in [1.807, 2.05) is 6.07 Å². The molecule has 94 valence electrons. The van der Waals surface area contributed by atoms with Crippen LogP contribution in [0.5, 0.6) is 0 Å². The van der Waals surface area contributed by atoms with Crippen LogP contribution in [0.1, 0.15) is 5.56 Å². The Kier molecular flexibility index (Phi) is 3.67. The highest BCUT2D eigenvalue weighted by Crippen LogP contribution is 2.26. The summed E-state index contributed by atoms with van der Waals surface area (Å²) >= 11 is 5.96. The maximum atomic E-state index is 13.5. The van der Waals surface area contributed by atoms with E-state index in [1.54, 1.807) is 18.2 Å². The van der Waals surface area contributed by atoms with Crippen molar-refractivity contribution in [1.82, 2.24) is 0 Å². The van der Waals surface area contributed by atoms with Gasteiger partial charge in [-0.3, -0.25) is 0 Å². The minimum atomic E-state index is -0.984. The summed E-state index contributed by atoms with van der Waals surface area (Å²) in [5.74, 6) is -1.92. The van der Waals surface area contributed by atoms with Gasteiger partial charge in [0.25, 0.3) is 0 Å². The van der Waals surface area contributed by atoms with Gasteiger partial charge in [0.15, 0.2) is 11.6 Å². The average Bonchev–Trinajstić information content (AvgIpc) is 2.36. The molecule has 0 heterocycles. The van der Waals surface area contributed by atoms with Gasteiger partial charge < -0.3 is 11.1 Å². The third kappa shape index (κ3) is 2.54. The first-order chi connectivity index (χ1) is 8.59. The van der Waals surface area contributed by atoms with Crippen molar-refractivity contribution in [3.63, 3.8) is 0 Å². The number of nitrogen functional groups attached to an aromatic ring is 1. The van der Waals surface area contributed by atoms with Crippen LogP contribution in [0.15, 0.2) is 36.4 Å². The summed E-state index contributed by atoms with van der Waals surface area (Å²) in [6, 6.07) is 9.43. The Bertz CT molecular complexity index is 573. The topological polar surface area (TPSA) is 38.0 Å². The lowest BCUT2D eigenvalue weighted by molar-refractivity contribution is 0.511. The van der Waals surface area contributed by atoms with Gasteiger partial charge in [0.2, 0.25) is 0 Å². The molecule has 2 aromatic carbocycles. The van der Waals surface area contributed by atoms with Gasteiger partial charge in [0.05, 0.1) is 11.4 Å². The van der Waals surface area contributed by atoms with Crippen molar-refractivity contribution in [3.8, 4) is 0 Å². The number of nitrogens with two attached hydrogens (primary N) is 1. The highest BCUT2D eigenvalue weighted by atomic mass is 35.5. The molecule has 0 unspecified atom stereocenters. The lowest BCUT2D eigenvalue weighted by Crippen LogP contribution is -2.06. The Morgan fingerprint density at radius 1 is 1.11 bits per heavy atom. The number of benzene rings is 2. The minimum Gasteiger partial charge on any atom is -0.397 e. The fourth-order valence-electron chi connectivity index (χ4n) is 1.57. The molecule has 0 amide bonds. The normalized spacial score (nSPS) is 10.4. The molecule has 0 aliphatic heterocycles. The van der Waals surface area contributed by atoms with Crippen LogP contribution in [0, 0.1) is 11.6 Å². The zero-order chi connectivity index (χ0) is 13.1. The number of hydrogen-bond donors (Lipinski definition) is 2. The van der Waals surface area contributed by atoms with Gasteiger partial charge in [-0.25, -0.2) is 8.78 Å². The first-order valence-corrected chi connectivity index (χ1v) is 5.68. The Labute approximate surface area is 108 Å². The second-order valence-corrected chi connectivity index (χ2v) is 4.18. The second kappa shape index (κ2) is 5.23. The van der Waals surface area contributed by atoms with Crippen molar-refractivity contribution in [2.24, 2.45) is 0 Å². The van der Waals surface area contributed by atoms with E-state index in [1.165, 1.54) is 6.07 Å². The first-order valence-electron chi connectivity index (χ1n) is 5.30. The molecule has 0 saturated heterocycles. The Hall–Kier alpha value is -1.81. The molecule has 0 aromatic heterocycles. The second-order valence-electron chi connectivity index (χ2n) is 3.77. The van der Waals surface area contributed by atoms with Gasteiger partial charge in [0.1, 0.15) is 0 Å². The average molecular weight is 269 g/mol. The van der Waals surface area contributed by atoms with E-state index in [0.717, 1.165) is 11.6 Å². The van der Waals surface area contributed by atoms with Gasteiger partial charge >= 0.3 is 0 Å². The predicted octanol–water partition coefficient (Wildman–Crippen LogP) is 3.81. The fourth-order valence-corrected chi connectivity index (χ4v) is 1.77. The van der Waals surface area contributed by atoms with E-state index < -0.39 is 11.6 Å².